The van der Waals surface area contributed by atoms with Gasteiger partial charge in [-0.05, 0) is 18.1 Å². The first-order valence-corrected chi connectivity index (χ1v) is 6.35. The smallest absolute Gasteiger partial charge is 0.416 e. The number of ether oxygens (including phenoxy) is 1. The SMILES string of the molecule is CCCCO[C@@H](Cc1cccc(C(F)(F)F)c1)C(=O)O. The average Bonchev–Trinajstić information content (AvgIpc) is 2.37. The Morgan fingerprint density at radius 3 is 2.65 bits per heavy atom. The molecular formula is C14H17F3O3. The second kappa shape index (κ2) is 7.28. The van der Waals surface area contributed by atoms with E-state index in [1.165, 1.54) is 12.1 Å². The van der Waals surface area contributed by atoms with Gasteiger partial charge in [0.15, 0.2) is 6.10 Å². The molecule has 0 aliphatic carbocycles. The molecular weight excluding hydrogens is 273 g/mol. The number of rotatable bonds is 7. The molecule has 6 heteroatoms. The van der Waals surface area contributed by atoms with Crippen molar-refractivity contribution in [3.8, 4) is 0 Å². The van der Waals surface area contributed by atoms with Gasteiger partial charge in [0.2, 0.25) is 0 Å². The molecule has 0 fully saturated rings. The van der Waals surface area contributed by atoms with Crippen LogP contribution in [0.4, 0.5) is 13.2 Å². The van der Waals surface area contributed by atoms with E-state index in [2.05, 4.69) is 0 Å². The van der Waals surface area contributed by atoms with Gasteiger partial charge in [0, 0.05) is 13.0 Å². The molecule has 1 aromatic carbocycles. The van der Waals surface area contributed by atoms with Gasteiger partial charge in [0.1, 0.15) is 0 Å². The third-order valence-corrected chi connectivity index (χ3v) is 2.77. The van der Waals surface area contributed by atoms with Crippen LogP contribution in [0.5, 0.6) is 0 Å². The van der Waals surface area contributed by atoms with E-state index in [4.69, 9.17) is 9.84 Å². The van der Waals surface area contributed by atoms with Crippen molar-refractivity contribution in [2.75, 3.05) is 6.61 Å². The molecule has 0 saturated heterocycles. The highest BCUT2D eigenvalue weighted by Crippen LogP contribution is 2.29. The number of hydrogen-bond acceptors (Lipinski definition) is 2. The van der Waals surface area contributed by atoms with E-state index < -0.39 is 23.8 Å². The maximum Gasteiger partial charge on any atom is 0.416 e. The van der Waals surface area contributed by atoms with Gasteiger partial charge in [-0.1, -0.05) is 31.5 Å². The fourth-order valence-electron chi connectivity index (χ4n) is 1.68. The lowest BCUT2D eigenvalue weighted by Gasteiger charge is -2.14. The highest BCUT2D eigenvalue weighted by atomic mass is 19.4. The normalized spacial score (nSPS) is 13.2. The van der Waals surface area contributed by atoms with E-state index in [0.717, 1.165) is 18.6 Å². The molecule has 1 atom stereocenters. The number of hydrogen-bond donors (Lipinski definition) is 1. The Morgan fingerprint density at radius 1 is 1.40 bits per heavy atom. The van der Waals surface area contributed by atoms with E-state index in [0.29, 0.717) is 12.0 Å². The van der Waals surface area contributed by atoms with Crippen LogP contribution in [-0.4, -0.2) is 23.8 Å². The van der Waals surface area contributed by atoms with E-state index in [-0.39, 0.29) is 13.0 Å². The molecule has 0 bridgehead atoms. The summed E-state index contributed by atoms with van der Waals surface area (Å²) < 4.78 is 42.9. The zero-order chi connectivity index (χ0) is 15.2. The van der Waals surface area contributed by atoms with Crippen molar-refractivity contribution < 1.29 is 27.8 Å². The van der Waals surface area contributed by atoms with E-state index in [1.807, 2.05) is 6.92 Å². The molecule has 0 spiro atoms. The van der Waals surface area contributed by atoms with Gasteiger partial charge < -0.3 is 9.84 Å². The van der Waals surface area contributed by atoms with Gasteiger partial charge >= 0.3 is 12.1 Å². The minimum atomic E-state index is -4.43. The first-order valence-electron chi connectivity index (χ1n) is 6.35. The van der Waals surface area contributed by atoms with Crippen LogP contribution in [0.15, 0.2) is 24.3 Å². The van der Waals surface area contributed by atoms with Gasteiger partial charge in [-0.25, -0.2) is 4.79 Å². The van der Waals surface area contributed by atoms with Crippen LogP contribution in [0.2, 0.25) is 0 Å². The Kier molecular flexibility index (Phi) is 6.01. The van der Waals surface area contributed by atoms with Crippen LogP contribution in [0.25, 0.3) is 0 Å². The quantitative estimate of drug-likeness (QED) is 0.782. The van der Waals surface area contributed by atoms with Crippen molar-refractivity contribution in [1.29, 1.82) is 0 Å². The molecule has 0 saturated carbocycles. The topological polar surface area (TPSA) is 46.5 Å². The summed E-state index contributed by atoms with van der Waals surface area (Å²) in [5.74, 6) is -1.17. The monoisotopic (exact) mass is 290 g/mol. The molecule has 0 aliphatic rings. The Labute approximate surface area is 115 Å². The van der Waals surface area contributed by atoms with Crippen LogP contribution in [0, 0.1) is 0 Å². The summed E-state index contributed by atoms with van der Waals surface area (Å²) in [5.41, 5.74) is -0.489. The van der Waals surface area contributed by atoms with Crippen molar-refractivity contribution in [3.63, 3.8) is 0 Å². The van der Waals surface area contributed by atoms with Crippen molar-refractivity contribution in [2.24, 2.45) is 0 Å². The highest BCUT2D eigenvalue weighted by Gasteiger charge is 2.30. The average molecular weight is 290 g/mol. The van der Waals surface area contributed by atoms with Crippen LogP contribution in [0.3, 0.4) is 0 Å². The number of aliphatic carboxylic acids is 1. The summed E-state index contributed by atoms with van der Waals surface area (Å²) in [6.45, 7) is 2.22. The Balaban J connectivity index is 2.76. The number of halogens is 3. The zero-order valence-corrected chi connectivity index (χ0v) is 11.1. The highest BCUT2D eigenvalue weighted by molar-refractivity contribution is 5.72. The molecule has 1 rings (SSSR count). The Hall–Kier alpha value is -1.56. The van der Waals surface area contributed by atoms with Crippen molar-refractivity contribution in [3.05, 3.63) is 35.4 Å². The minimum absolute atomic E-state index is 0.0804. The number of carboxylic acids is 1. The summed E-state index contributed by atoms with van der Waals surface area (Å²) in [4.78, 5) is 11.0. The molecule has 0 aromatic heterocycles. The Bertz CT molecular complexity index is 444. The summed E-state index contributed by atoms with van der Waals surface area (Å²) in [5, 5.41) is 9.02. The van der Waals surface area contributed by atoms with Crippen molar-refractivity contribution in [2.45, 2.75) is 38.5 Å². The lowest BCUT2D eigenvalue weighted by molar-refractivity contribution is -0.150. The third kappa shape index (κ3) is 5.21. The van der Waals surface area contributed by atoms with Crippen molar-refractivity contribution in [1.82, 2.24) is 0 Å². The molecule has 20 heavy (non-hydrogen) atoms. The number of carboxylic acid groups (broad SMARTS) is 1. The molecule has 3 nitrogen and oxygen atoms in total. The minimum Gasteiger partial charge on any atom is -0.479 e. The lowest BCUT2D eigenvalue weighted by atomic mass is 10.0. The molecule has 0 unspecified atom stereocenters. The molecule has 1 aromatic rings. The number of benzene rings is 1. The fourth-order valence-corrected chi connectivity index (χ4v) is 1.68. The van der Waals surface area contributed by atoms with Crippen LogP contribution < -0.4 is 0 Å². The fraction of sp³-hybridized carbons (Fsp3) is 0.500. The molecule has 0 aliphatic heterocycles. The zero-order valence-electron chi connectivity index (χ0n) is 11.1. The number of carbonyl (C=O) groups is 1. The summed E-state index contributed by atoms with van der Waals surface area (Å²) >= 11 is 0. The number of alkyl halides is 3. The van der Waals surface area contributed by atoms with Gasteiger partial charge in [0.25, 0.3) is 0 Å². The van der Waals surface area contributed by atoms with Gasteiger partial charge in [0.05, 0.1) is 5.56 Å². The molecule has 1 N–H and O–H groups in total. The molecule has 0 amide bonds. The first-order chi connectivity index (χ1) is 9.34. The van der Waals surface area contributed by atoms with Crippen LogP contribution in [-0.2, 0) is 22.1 Å². The maximum atomic E-state index is 12.6. The van der Waals surface area contributed by atoms with E-state index >= 15 is 0 Å². The Morgan fingerprint density at radius 2 is 2.10 bits per heavy atom. The predicted octanol–water partition coefficient (Wildman–Crippen LogP) is 3.52. The van der Waals surface area contributed by atoms with Gasteiger partial charge in [-0.3, -0.25) is 0 Å². The molecule has 112 valence electrons. The van der Waals surface area contributed by atoms with Crippen LogP contribution >= 0.6 is 0 Å². The van der Waals surface area contributed by atoms with Crippen LogP contribution in [0.1, 0.15) is 30.9 Å². The lowest BCUT2D eigenvalue weighted by Crippen LogP contribution is -2.27. The molecule has 0 radical (unpaired) electrons. The number of unbranched alkanes of at least 4 members (excludes halogenated alkanes) is 1. The van der Waals surface area contributed by atoms with Crippen molar-refractivity contribution >= 4 is 5.97 Å². The maximum absolute atomic E-state index is 12.6. The largest absolute Gasteiger partial charge is 0.479 e. The summed E-state index contributed by atoms with van der Waals surface area (Å²) in [7, 11) is 0. The first kappa shape index (κ1) is 16.5. The van der Waals surface area contributed by atoms with Gasteiger partial charge in [-0.15, -0.1) is 0 Å². The summed E-state index contributed by atoms with van der Waals surface area (Å²) in [6, 6.07) is 4.65. The molecule has 0 heterocycles. The van der Waals surface area contributed by atoms with Gasteiger partial charge in [-0.2, -0.15) is 13.2 Å². The van der Waals surface area contributed by atoms with E-state index in [1.54, 1.807) is 0 Å². The standard InChI is InChI=1S/C14H17F3O3/c1-2-3-7-20-12(13(18)19)9-10-5-4-6-11(8-10)14(15,16)17/h4-6,8,12H,2-3,7,9H2,1H3,(H,18,19)/t12-/m0/s1. The third-order valence-electron chi connectivity index (χ3n) is 2.77. The predicted molar refractivity (Wildman–Crippen MR) is 67.4 cm³/mol. The van der Waals surface area contributed by atoms with E-state index in [9.17, 15) is 18.0 Å². The second-order valence-corrected chi connectivity index (χ2v) is 4.45. The second-order valence-electron chi connectivity index (χ2n) is 4.45. The summed E-state index contributed by atoms with van der Waals surface area (Å²) in [6.07, 6.45) is -4.06.